The predicted molar refractivity (Wildman–Crippen MR) is 81.5 cm³/mol. The SMILES string of the molecule is N#Cc1cccc(-c2ccc(NC(N)=O)c(Cl)c2Cl)c1O. The number of carbonyl (C=O) groups is 1. The zero-order valence-electron chi connectivity index (χ0n) is 10.5. The Morgan fingerprint density at radius 2 is 1.90 bits per heavy atom. The number of urea groups is 1. The molecule has 21 heavy (non-hydrogen) atoms. The molecule has 0 bridgehead atoms. The van der Waals surface area contributed by atoms with Crippen LogP contribution in [0.1, 0.15) is 5.56 Å². The fourth-order valence-corrected chi connectivity index (χ4v) is 2.32. The van der Waals surface area contributed by atoms with Crippen molar-refractivity contribution in [2.75, 3.05) is 5.32 Å². The van der Waals surface area contributed by atoms with Crippen molar-refractivity contribution < 1.29 is 9.90 Å². The van der Waals surface area contributed by atoms with Crippen LogP contribution in [-0.4, -0.2) is 11.1 Å². The molecule has 0 heterocycles. The molecule has 5 nitrogen and oxygen atoms in total. The molecule has 0 aromatic heterocycles. The molecule has 0 radical (unpaired) electrons. The quantitative estimate of drug-likeness (QED) is 0.785. The van der Waals surface area contributed by atoms with E-state index in [0.29, 0.717) is 11.1 Å². The van der Waals surface area contributed by atoms with E-state index in [4.69, 9.17) is 34.2 Å². The van der Waals surface area contributed by atoms with Gasteiger partial charge in [0.15, 0.2) is 0 Å². The van der Waals surface area contributed by atoms with Crippen LogP contribution in [0.5, 0.6) is 5.75 Å². The van der Waals surface area contributed by atoms with E-state index in [-0.39, 0.29) is 27.0 Å². The van der Waals surface area contributed by atoms with Crippen molar-refractivity contribution in [1.29, 1.82) is 5.26 Å². The average Bonchev–Trinajstić information content (AvgIpc) is 2.45. The normalized spacial score (nSPS) is 9.95. The Morgan fingerprint density at radius 3 is 2.52 bits per heavy atom. The first-order valence-corrected chi connectivity index (χ1v) is 6.48. The standard InChI is InChI=1S/C14H9Cl2N3O2/c15-11-8(4-5-10(12(11)16)19-14(18)21)9-3-1-2-7(6-17)13(9)20/h1-5,20H,(H3,18,19,21). The first-order valence-electron chi connectivity index (χ1n) is 5.72. The second kappa shape index (κ2) is 5.92. The molecule has 0 aliphatic heterocycles. The summed E-state index contributed by atoms with van der Waals surface area (Å²) in [6.45, 7) is 0. The van der Waals surface area contributed by atoms with Crippen LogP contribution in [0.3, 0.4) is 0 Å². The van der Waals surface area contributed by atoms with E-state index in [9.17, 15) is 9.90 Å². The third-order valence-corrected chi connectivity index (χ3v) is 3.67. The number of anilines is 1. The van der Waals surface area contributed by atoms with Gasteiger partial charge in [0.1, 0.15) is 11.8 Å². The van der Waals surface area contributed by atoms with Crippen molar-refractivity contribution in [3.05, 3.63) is 45.9 Å². The van der Waals surface area contributed by atoms with Crippen molar-refractivity contribution in [3.8, 4) is 22.9 Å². The number of primary amides is 1. The van der Waals surface area contributed by atoms with Crippen LogP contribution >= 0.6 is 23.2 Å². The molecule has 106 valence electrons. The van der Waals surface area contributed by atoms with Crippen LogP contribution in [0.2, 0.25) is 10.0 Å². The van der Waals surface area contributed by atoms with Gasteiger partial charge in [0.05, 0.1) is 21.3 Å². The van der Waals surface area contributed by atoms with E-state index in [1.54, 1.807) is 18.2 Å². The molecule has 0 saturated carbocycles. The van der Waals surface area contributed by atoms with Gasteiger partial charge >= 0.3 is 6.03 Å². The number of nitriles is 1. The van der Waals surface area contributed by atoms with E-state index in [1.807, 2.05) is 6.07 Å². The van der Waals surface area contributed by atoms with E-state index in [0.717, 1.165) is 0 Å². The van der Waals surface area contributed by atoms with Crippen molar-refractivity contribution in [2.45, 2.75) is 0 Å². The molecule has 0 fully saturated rings. The maximum Gasteiger partial charge on any atom is 0.316 e. The Hall–Kier alpha value is -2.42. The van der Waals surface area contributed by atoms with Gasteiger partial charge in [-0.25, -0.2) is 4.79 Å². The Labute approximate surface area is 130 Å². The van der Waals surface area contributed by atoms with Crippen LogP contribution in [0.15, 0.2) is 30.3 Å². The first-order chi connectivity index (χ1) is 9.95. The summed E-state index contributed by atoms with van der Waals surface area (Å²) in [5.41, 5.74) is 6.21. The molecule has 0 spiro atoms. The van der Waals surface area contributed by atoms with E-state index in [2.05, 4.69) is 5.32 Å². The van der Waals surface area contributed by atoms with Gasteiger partial charge in [-0.3, -0.25) is 0 Å². The minimum atomic E-state index is -0.768. The predicted octanol–water partition coefficient (Wildman–Crippen LogP) is 3.73. The van der Waals surface area contributed by atoms with E-state index >= 15 is 0 Å². The summed E-state index contributed by atoms with van der Waals surface area (Å²) in [5, 5.41) is 21.5. The minimum Gasteiger partial charge on any atom is -0.506 e. The van der Waals surface area contributed by atoms with Gasteiger partial charge in [-0.05, 0) is 12.1 Å². The molecule has 0 unspecified atom stereocenters. The highest BCUT2D eigenvalue weighted by molar-refractivity contribution is 6.45. The topological polar surface area (TPSA) is 99.1 Å². The van der Waals surface area contributed by atoms with Crippen LogP contribution < -0.4 is 11.1 Å². The number of benzene rings is 2. The molecular formula is C14H9Cl2N3O2. The first kappa shape index (κ1) is 15.0. The number of aromatic hydroxyl groups is 1. The summed E-state index contributed by atoms with van der Waals surface area (Å²) in [6, 6.07) is 8.89. The maximum absolute atomic E-state index is 10.9. The number of halogens is 2. The molecule has 2 aromatic carbocycles. The number of para-hydroxylation sites is 1. The molecule has 0 aliphatic rings. The Bertz CT molecular complexity index is 770. The highest BCUT2D eigenvalue weighted by atomic mass is 35.5. The van der Waals surface area contributed by atoms with Gasteiger partial charge in [0.2, 0.25) is 0 Å². The van der Waals surface area contributed by atoms with E-state index in [1.165, 1.54) is 12.1 Å². The number of carbonyl (C=O) groups excluding carboxylic acids is 1. The molecule has 0 atom stereocenters. The largest absolute Gasteiger partial charge is 0.506 e. The number of nitrogens with two attached hydrogens (primary N) is 1. The van der Waals surface area contributed by atoms with Crippen LogP contribution in [0, 0.1) is 11.3 Å². The second-order valence-electron chi connectivity index (χ2n) is 4.09. The smallest absolute Gasteiger partial charge is 0.316 e. The van der Waals surface area contributed by atoms with Gasteiger partial charge < -0.3 is 16.2 Å². The van der Waals surface area contributed by atoms with Gasteiger partial charge in [-0.2, -0.15) is 5.26 Å². The summed E-state index contributed by atoms with van der Waals surface area (Å²) in [5.74, 6) is -0.187. The Kier molecular flexibility index (Phi) is 4.22. The molecule has 2 aromatic rings. The highest BCUT2D eigenvalue weighted by Gasteiger charge is 2.16. The lowest BCUT2D eigenvalue weighted by molar-refractivity contribution is 0.259. The van der Waals surface area contributed by atoms with Crippen LogP contribution in [-0.2, 0) is 0 Å². The number of nitrogens with zero attached hydrogens (tertiary/aromatic N) is 1. The zero-order chi connectivity index (χ0) is 15.6. The monoisotopic (exact) mass is 321 g/mol. The van der Waals surface area contributed by atoms with E-state index < -0.39 is 6.03 Å². The maximum atomic E-state index is 10.9. The van der Waals surface area contributed by atoms with Crippen molar-refractivity contribution >= 4 is 34.9 Å². The van der Waals surface area contributed by atoms with Gasteiger partial charge in [0.25, 0.3) is 0 Å². The minimum absolute atomic E-state index is 0.0923. The molecule has 0 saturated heterocycles. The van der Waals surface area contributed by atoms with Crippen LogP contribution in [0.4, 0.5) is 10.5 Å². The molecule has 2 rings (SSSR count). The van der Waals surface area contributed by atoms with Crippen molar-refractivity contribution in [3.63, 3.8) is 0 Å². The number of phenolic OH excluding ortho intramolecular Hbond substituents is 1. The zero-order valence-corrected chi connectivity index (χ0v) is 12.0. The third kappa shape index (κ3) is 2.87. The molecule has 7 heteroatoms. The average molecular weight is 322 g/mol. The summed E-state index contributed by atoms with van der Waals surface area (Å²) < 4.78 is 0. The number of nitrogens with one attached hydrogen (secondary N) is 1. The lowest BCUT2D eigenvalue weighted by atomic mass is 10.0. The summed E-state index contributed by atoms with van der Waals surface area (Å²) >= 11 is 12.2. The Morgan fingerprint density at radius 1 is 1.19 bits per heavy atom. The lowest BCUT2D eigenvalue weighted by Gasteiger charge is -2.12. The fourth-order valence-electron chi connectivity index (χ4n) is 1.84. The lowest BCUT2D eigenvalue weighted by Crippen LogP contribution is -2.19. The number of phenols is 1. The number of hydrogen-bond donors (Lipinski definition) is 3. The van der Waals surface area contributed by atoms with Crippen molar-refractivity contribution in [2.24, 2.45) is 5.73 Å². The number of amides is 2. The summed E-state index contributed by atoms with van der Waals surface area (Å²) in [4.78, 5) is 10.9. The van der Waals surface area contributed by atoms with Crippen LogP contribution in [0.25, 0.3) is 11.1 Å². The summed E-state index contributed by atoms with van der Waals surface area (Å²) in [6.07, 6.45) is 0. The van der Waals surface area contributed by atoms with Gasteiger partial charge in [0, 0.05) is 11.1 Å². The van der Waals surface area contributed by atoms with Gasteiger partial charge in [-0.15, -0.1) is 0 Å². The molecule has 0 aliphatic carbocycles. The molecular weight excluding hydrogens is 313 g/mol. The third-order valence-electron chi connectivity index (χ3n) is 2.79. The summed E-state index contributed by atoms with van der Waals surface area (Å²) in [7, 11) is 0. The van der Waals surface area contributed by atoms with Crippen molar-refractivity contribution in [1.82, 2.24) is 0 Å². The van der Waals surface area contributed by atoms with Gasteiger partial charge in [-0.1, -0.05) is 41.4 Å². The number of rotatable bonds is 2. The molecule has 2 amide bonds. The fraction of sp³-hybridized carbons (Fsp3) is 0. The highest BCUT2D eigenvalue weighted by Crippen LogP contribution is 2.41. The number of hydrogen-bond acceptors (Lipinski definition) is 3. The Balaban J connectivity index is 2.59. The molecule has 4 N–H and O–H groups in total. The second-order valence-corrected chi connectivity index (χ2v) is 4.85.